The van der Waals surface area contributed by atoms with E-state index in [-0.39, 0.29) is 5.78 Å². The van der Waals surface area contributed by atoms with E-state index in [2.05, 4.69) is 17.9 Å². The zero-order valence-corrected chi connectivity index (χ0v) is 9.36. The number of carbonyl (C=O) groups is 1. The Hall–Kier alpha value is -1.31. The van der Waals surface area contributed by atoms with Crippen LogP contribution < -0.4 is 4.90 Å². The molecule has 1 aromatic rings. The standard InChI is InChI=1S/C13H17NO/c1-10-6-7-14(9-10)13-5-3-4-12(8-13)11(2)15/h3-5,8,10H,6-7,9H2,1-2H3. The molecule has 2 rings (SSSR count). The van der Waals surface area contributed by atoms with Gasteiger partial charge < -0.3 is 4.90 Å². The Kier molecular flexibility index (Phi) is 2.76. The fourth-order valence-electron chi connectivity index (χ4n) is 2.09. The number of nitrogens with zero attached hydrogens (tertiary/aromatic N) is 1. The molecule has 0 aromatic heterocycles. The predicted molar refractivity (Wildman–Crippen MR) is 62.4 cm³/mol. The molecule has 0 saturated carbocycles. The van der Waals surface area contributed by atoms with Crippen molar-refractivity contribution in [3.05, 3.63) is 29.8 Å². The molecule has 1 aromatic carbocycles. The van der Waals surface area contributed by atoms with E-state index in [0.717, 1.165) is 24.6 Å². The van der Waals surface area contributed by atoms with Crippen molar-refractivity contribution in [2.24, 2.45) is 5.92 Å². The van der Waals surface area contributed by atoms with E-state index in [9.17, 15) is 4.79 Å². The minimum absolute atomic E-state index is 0.143. The van der Waals surface area contributed by atoms with E-state index in [1.807, 2.05) is 18.2 Å². The lowest BCUT2D eigenvalue weighted by Gasteiger charge is -2.18. The fraction of sp³-hybridized carbons (Fsp3) is 0.462. The summed E-state index contributed by atoms with van der Waals surface area (Å²) in [4.78, 5) is 13.6. The molecule has 0 N–H and O–H groups in total. The van der Waals surface area contributed by atoms with Crippen LogP contribution in [0.1, 0.15) is 30.6 Å². The third-order valence-corrected chi connectivity index (χ3v) is 3.04. The Bertz CT molecular complexity index is 373. The molecule has 1 aliphatic rings. The number of hydrogen-bond acceptors (Lipinski definition) is 2. The van der Waals surface area contributed by atoms with E-state index in [4.69, 9.17) is 0 Å². The number of Topliss-reactive ketones (excluding diaryl/α,β-unsaturated/α-hetero) is 1. The molecule has 0 bridgehead atoms. The van der Waals surface area contributed by atoms with Crippen LogP contribution in [-0.2, 0) is 0 Å². The monoisotopic (exact) mass is 203 g/mol. The van der Waals surface area contributed by atoms with Gasteiger partial charge in [0.05, 0.1) is 0 Å². The second kappa shape index (κ2) is 4.05. The smallest absolute Gasteiger partial charge is 0.159 e. The molecule has 2 heteroatoms. The van der Waals surface area contributed by atoms with Crippen LogP contribution in [0.3, 0.4) is 0 Å². The Morgan fingerprint density at radius 2 is 2.27 bits per heavy atom. The van der Waals surface area contributed by atoms with Crippen molar-refractivity contribution in [1.82, 2.24) is 0 Å². The first kappa shape index (κ1) is 10.2. The molecule has 2 nitrogen and oxygen atoms in total. The molecule has 1 saturated heterocycles. The van der Waals surface area contributed by atoms with Gasteiger partial charge in [0.25, 0.3) is 0 Å². The van der Waals surface area contributed by atoms with Gasteiger partial charge in [0, 0.05) is 24.3 Å². The number of rotatable bonds is 2. The number of benzene rings is 1. The molecular weight excluding hydrogens is 186 g/mol. The molecule has 0 amide bonds. The van der Waals surface area contributed by atoms with Crippen LogP contribution in [0.5, 0.6) is 0 Å². The fourth-order valence-corrected chi connectivity index (χ4v) is 2.09. The summed E-state index contributed by atoms with van der Waals surface area (Å²) in [5.41, 5.74) is 2.00. The van der Waals surface area contributed by atoms with E-state index in [1.54, 1.807) is 6.92 Å². The van der Waals surface area contributed by atoms with Crippen molar-refractivity contribution >= 4 is 11.5 Å². The maximum atomic E-state index is 11.3. The van der Waals surface area contributed by atoms with Gasteiger partial charge >= 0.3 is 0 Å². The molecular formula is C13H17NO. The van der Waals surface area contributed by atoms with Crippen LogP contribution in [-0.4, -0.2) is 18.9 Å². The quantitative estimate of drug-likeness (QED) is 0.689. The predicted octanol–water partition coefficient (Wildman–Crippen LogP) is 2.74. The topological polar surface area (TPSA) is 20.3 Å². The molecule has 80 valence electrons. The highest BCUT2D eigenvalue weighted by Crippen LogP contribution is 2.24. The molecule has 1 unspecified atom stereocenters. The Morgan fingerprint density at radius 1 is 1.47 bits per heavy atom. The molecule has 0 aliphatic carbocycles. The first-order chi connectivity index (χ1) is 7.16. The van der Waals surface area contributed by atoms with Crippen LogP contribution in [0.15, 0.2) is 24.3 Å². The third kappa shape index (κ3) is 2.20. The van der Waals surface area contributed by atoms with Gasteiger partial charge in [0.2, 0.25) is 0 Å². The van der Waals surface area contributed by atoms with Gasteiger partial charge in [0.15, 0.2) is 5.78 Å². The summed E-state index contributed by atoms with van der Waals surface area (Å²) in [7, 11) is 0. The normalized spacial score (nSPS) is 20.7. The van der Waals surface area contributed by atoms with E-state index >= 15 is 0 Å². The summed E-state index contributed by atoms with van der Waals surface area (Å²) in [6.07, 6.45) is 1.25. The number of anilines is 1. The third-order valence-electron chi connectivity index (χ3n) is 3.04. The van der Waals surface area contributed by atoms with Crippen LogP contribution >= 0.6 is 0 Å². The molecule has 15 heavy (non-hydrogen) atoms. The van der Waals surface area contributed by atoms with Gasteiger partial charge in [-0.25, -0.2) is 0 Å². The van der Waals surface area contributed by atoms with Gasteiger partial charge in [-0.3, -0.25) is 4.79 Å². The summed E-state index contributed by atoms with van der Waals surface area (Å²) in [5.74, 6) is 0.912. The highest BCUT2D eigenvalue weighted by Gasteiger charge is 2.19. The number of carbonyl (C=O) groups excluding carboxylic acids is 1. The SMILES string of the molecule is CC(=O)c1cccc(N2CCC(C)C2)c1. The number of hydrogen-bond donors (Lipinski definition) is 0. The van der Waals surface area contributed by atoms with E-state index in [1.165, 1.54) is 12.1 Å². The van der Waals surface area contributed by atoms with Gasteiger partial charge in [-0.1, -0.05) is 19.1 Å². The average Bonchev–Trinajstić information content (AvgIpc) is 2.65. The second-order valence-corrected chi connectivity index (χ2v) is 4.45. The van der Waals surface area contributed by atoms with Crippen LogP contribution in [0.25, 0.3) is 0 Å². The molecule has 1 fully saturated rings. The summed E-state index contributed by atoms with van der Waals surface area (Å²) < 4.78 is 0. The van der Waals surface area contributed by atoms with Crippen molar-refractivity contribution < 1.29 is 4.79 Å². The minimum atomic E-state index is 0.143. The van der Waals surface area contributed by atoms with Crippen LogP contribution in [0.4, 0.5) is 5.69 Å². The summed E-state index contributed by atoms with van der Waals surface area (Å²) in [5, 5.41) is 0. The summed E-state index contributed by atoms with van der Waals surface area (Å²) in [6, 6.07) is 7.94. The van der Waals surface area contributed by atoms with Gasteiger partial charge in [0.1, 0.15) is 0 Å². The highest BCUT2D eigenvalue weighted by atomic mass is 16.1. The Labute approximate surface area is 90.9 Å². The molecule has 0 spiro atoms. The zero-order valence-electron chi connectivity index (χ0n) is 9.36. The van der Waals surface area contributed by atoms with Crippen molar-refractivity contribution in [2.45, 2.75) is 20.3 Å². The van der Waals surface area contributed by atoms with Gasteiger partial charge in [-0.05, 0) is 31.4 Å². The van der Waals surface area contributed by atoms with Gasteiger partial charge in [-0.15, -0.1) is 0 Å². The lowest BCUT2D eigenvalue weighted by molar-refractivity contribution is 0.101. The second-order valence-electron chi connectivity index (χ2n) is 4.45. The molecule has 1 heterocycles. The van der Waals surface area contributed by atoms with Crippen molar-refractivity contribution in [3.63, 3.8) is 0 Å². The lowest BCUT2D eigenvalue weighted by Crippen LogP contribution is -2.19. The van der Waals surface area contributed by atoms with Crippen molar-refractivity contribution in [3.8, 4) is 0 Å². The highest BCUT2D eigenvalue weighted by molar-refractivity contribution is 5.94. The Balaban J connectivity index is 2.21. The zero-order chi connectivity index (χ0) is 10.8. The largest absolute Gasteiger partial charge is 0.371 e. The Morgan fingerprint density at radius 3 is 2.87 bits per heavy atom. The van der Waals surface area contributed by atoms with E-state index in [0.29, 0.717) is 0 Å². The van der Waals surface area contributed by atoms with Crippen molar-refractivity contribution in [2.75, 3.05) is 18.0 Å². The summed E-state index contributed by atoms with van der Waals surface area (Å²) in [6.45, 7) is 6.12. The average molecular weight is 203 g/mol. The molecule has 0 radical (unpaired) electrons. The number of ketones is 1. The maximum absolute atomic E-state index is 11.3. The van der Waals surface area contributed by atoms with Gasteiger partial charge in [-0.2, -0.15) is 0 Å². The minimum Gasteiger partial charge on any atom is -0.371 e. The maximum Gasteiger partial charge on any atom is 0.159 e. The van der Waals surface area contributed by atoms with E-state index < -0.39 is 0 Å². The van der Waals surface area contributed by atoms with Crippen molar-refractivity contribution in [1.29, 1.82) is 0 Å². The molecule has 1 atom stereocenters. The van der Waals surface area contributed by atoms with Crippen LogP contribution in [0.2, 0.25) is 0 Å². The first-order valence-corrected chi connectivity index (χ1v) is 5.53. The molecule has 1 aliphatic heterocycles. The first-order valence-electron chi connectivity index (χ1n) is 5.53. The lowest BCUT2D eigenvalue weighted by atomic mass is 10.1. The summed E-state index contributed by atoms with van der Waals surface area (Å²) >= 11 is 0. The van der Waals surface area contributed by atoms with Crippen LogP contribution in [0, 0.1) is 5.92 Å².